The van der Waals surface area contributed by atoms with Crippen LogP contribution in [0.1, 0.15) is 26.5 Å². The lowest BCUT2D eigenvalue weighted by atomic mass is 10.1. The molecule has 5 nitrogen and oxygen atoms in total. The van der Waals surface area contributed by atoms with E-state index in [0.717, 1.165) is 16.7 Å². The van der Waals surface area contributed by atoms with E-state index in [-0.39, 0.29) is 11.7 Å². The number of hydrogen-bond donors (Lipinski definition) is 1. The van der Waals surface area contributed by atoms with Gasteiger partial charge in [0.25, 0.3) is 5.91 Å². The standard InChI is InChI=1S/C22H19FN4OS/c1-15-20(29-22(26-15)18-7-9-19(23)10-8-18)21(28)24-13-16-3-5-17(6-4-16)14-27-12-2-11-25-27/h2-12H,13-14H2,1H3,(H,24,28). The zero-order chi connectivity index (χ0) is 20.2. The first kappa shape index (κ1) is 19.0. The number of amides is 1. The van der Waals surface area contributed by atoms with Gasteiger partial charge in [-0.15, -0.1) is 11.3 Å². The van der Waals surface area contributed by atoms with E-state index in [4.69, 9.17) is 0 Å². The van der Waals surface area contributed by atoms with Crippen LogP contribution in [0, 0.1) is 12.7 Å². The zero-order valence-electron chi connectivity index (χ0n) is 15.8. The van der Waals surface area contributed by atoms with Gasteiger partial charge in [0.2, 0.25) is 0 Å². The predicted molar refractivity (Wildman–Crippen MR) is 111 cm³/mol. The van der Waals surface area contributed by atoms with E-state index in [1.54, 1.807) is 18.3 Å². The summed E-state index contributed by atoms with van der Waals surface area (Å²) in [5, 5.41) is 7.85. The van der Waals surface area contributed by atoms with Crippen molar-refractivity contribution in [1.82, 2.24) is 20.1 Å². The van der Waals surface area contributed by atoms with Crippen molar-refractivity contribution in [3.63, 3.8) is 0 Å². The van der Waals surface area contributed by atoms with E-state index in [0.29, 0.717) is 28.7 Å². The number of aryl methyl sites for hydroxylation is 1. The fourth-order valence-electron chi connectivity index (χ4n) is 2.93. The lowest BCUT2D eigenvalue weighted by molar-refractivity contribution is 0.0954. The van der Waals surface area contributed by atoms with E-state index in [9.17, 15) is 9.18 Å². The maximum atomic E-state index is 13.1. The first-order chi connectivity index (χ1) is 14.1. The number of hydrogen-bond acceptors (Lipinski definition) is 4. The Morgan fingerprint density at radius 3 is 2.52 bits per heavy atom. The summed E-state index contributed by atoms with van der Waals surface area (Å²) < 4.78 is 15.0. The average molecular weight is 406 g/mol. The molecule has 0 fully saturated rings. The minimum Gasteiger partial charge on any atom is -0.347 e. The Morgan fingerprint density at radius 1 is 1.10 bits per heavy atom. The topological polar surface area (TPSA) is 59.8 Å². The van der Waals surface area contributed by atoms with Crippen LogP contribution in [0.5, 0.6) is 0 Å². The van der Waals surface area contributed by atoms with Gasteiger partial charge in [0.1, 0.15) is 15.7 Å². The molecule has 7 heteroatoms. The summed E-state index contributed by atoms with van der Waals surface area (Å²) in [5.74, 6) is -0.454. The summed E-state index contributed by atoms with van der Waals surface area (Å²) in [5.41, 5.74) is 3.63. The number of carbonyl (C=O) groups excluding carboxylic acids is 1. The highest BCUT2D eigenvalue weighted by Gasteiger charge is 2.16. The molecule has 0 radical (unpaired) electrons. The summed E-state index contributed by atoms with van der Waals surface area (Å²) >= 11 is 1.31. The first-order valence-corrected chi connectivity index (χ1v) is 9.97. The number of benzene rings is 2. The van der Waals surface area contributed by atoms with Crippen molar-refractivity contribution in [2.45, 2.75) is 20.0 Å². The van der Waals surface area contributed by atoms with Gasteiger partial charge in [0, 0.05) is 24.5 Å². The molecule has 4 rings (SSSR count). The highest BCUT2D eigenvalue weighted by molar-refractivity contribution is 7.17. The molecule has 2 aromatic carbocycles. The van der Waals surface area contributed by atoms with Gasteiger partial charge in [0.15, 0.2) is 0 Å². The zero-order valence-corrected chi connectivity index (χ0v) is 16.6. The Balaban J connectivity index is 1.39. The van der Waals surface area contributed by atoms with Gasteiger partial charge in [-0.2, -0.15) is 5.10 Å². The molecule has 0 saturated heterocycles. The van der Waals surface area contributed by atoms with Crippen LogP contribution in [0.3, 0.4) is 0 Å². The largest absolute Gasteiger partial charge is 0.347 e. The fraction of sp³-hybridized carbons (Fsp3) is 0.136. The van der Waals surface area contributed by atoms with Crippen LogP contribution in [0.4, 0.5) is 4.39 Å². The minimum atomic E-state index is -0.296. The van der Waals surface area contributed by atoms with Crippen molar-refractivity contribution >= 4 is 17.2 Å². The highest BCUT2D eigenvalue weighted by atomic mass is 32.1. The molecule has 4 aromatic rings. The van der Waals surface area contributed by atoms with Gasteiger partial charge in [-0.25, -0.2) is 9.37 Å². The van der Waals surface area contributed by atoms with Crippen LogP contribution >= 0.6 is 11.3 Å². The smallest absolute Gasteiger partial charge is 0.263 e. The highest BCUT2D eigenvalue weighted by Crippen LogP contribution is 2.28. The van der Waals surface area contributed by atoms with Crippen LogP contribution in [0.2, 0.25) is 0 Å². The second kappa shape index (κ2) is 8.36. The summed E-state index contributed by atoms with van der Waals surface area (Å²) in [6.45, 7) is 2.96. The number of thiazole rings is 1. The molecule has 0 unspecified atom stereocenters. The number of aromatic nitrogens is 3. The van der Waals surface area contributed by atoms with E-state index in [2.05, 4.69) is 15.4 Å². The molecule has 29 heavy (non-hydrogen) atoms. The summed E-state index contributed by atoms with van der Waals surface area (Å²) in [4.78, 5) is 17.6. The van der Waals surface area contributed by atoms with Crippen molar-refractivity contribution in [3.8, 4) is 10.6 Å². The maximum absolute atomic E-state index is 13.1. The minimum absolute atomic E-state index is 0.158. The van der Waals surface area contributed by atoms with Crippen molar-refractivity contribution in [3.05, 3.63) is 94.5 Å². The number of nitrogens with zero attached hydrogens (tertiary/aromatic N) is 3. The third-order valence-electron chi connectivity index (χ3n) is 4.47. The van der Waals surface area contributed by atoms with Crippen molar-refractivity contribution in [1.29, 1.82) is 0 Å². The van der Waals surface area contributed by atoms with E-state index >= 15 is 0 Å². The van der Waals surface area contributed by atoms with E-state index in [1.807, 2.05) is 48.1 Å². The second-order valence-electron chi connectivity index (χ2n) is 6.64. The summed E-state index contributed by atoms with van der Waals surface area (Å²) in [6.07, 6.45) is 3.68. The third-order valence-corrected chi connectivity index (χ3v) is 5.68. The molecule has 0 aliphatic heterocycles. The number of carbonyl (C=O) groups is 1. The Hall–Kier alpha value is -3.32. The van der Waals surface area contributed by atoms with Crippen molar-refractivity contribution in [2.24, 2.45) is 0 Å². The Bertz CT molecular complexity index is 1100. The van der Waals surface area contributed by atoms with Gasteiger partial charge in [0.05, 0.1) is 12.2 Å². The SMILES string of the molecule is Cc1nc(-c2ccc(F)cc2)sc1C(=O)NCc1ccc(Cn2cccn2)cc1. The molecule has 1 amide bonds. The van der Waals surface area contributed by atoms with Gasteiger partial charge in [-0.3, -0.25) is 9.48 Å². The molecular weight excluding hydrogens is 387 g/mol. The van der Waals surface area contributed by atoms with Gasteiger partial charge in [-0.1, -0.05) is 24.3 Å². The molecule has 2 aromatic heterocycles. The van der Waals surface area contributed by atoms with Crippen LogP contribution in [0.15, 0.2) is 67.0 Å². The van der Waals surface area contributed by atoms with Crippen molar-refractivity contribution < 1.29 is 9.18 Å². The van der Waals surface area contributed by atoms with Crippen molar-refractivity contribution in [2.75, 3.05) is 0 Å². The summed E-state index contributed by atoms with van der Waals surface area (Å²) in [6, 6.07) is 16.1. The van der Waals surface area contributed by atoms with E-state index in [1.165, 1.54) is 23.5 Å². The monoisotopic (exact) mass is 406 g/mol. The molecule has 0 bridgehead atoms. The number of halogens is 1. The maximum Gasteiger partial charge on any atom is 0.263 e. The summed E-state index contributed by atoms with van der Waals surface area (Å²) in [7, 11) is 0. The molecule has 0 saturated carbocycles. The second-order valence-corrected chi connectivity index (χ2v) is 7.64. The molecule has 146 valence electrons. The van der Waals surface area contributed by atoms with Crippen LogP contribution in [0.25, 0.3) is 10.6 Å². The number of nitrogens with one attached hydrogen (secondary N) is 1. The van der Waals surface area contributed by atoms with Crippen LogP contribution in [-0.4, -0.2) is 20.7 Å². The molecule has 0 aliphatic carbocycles. The lowest BCUT2D eigenvalue weighted by Gasteiger charge is -2.06. The number of rotatable bonds is 6. The van der Waals surface area contributed by atoms with Crippen LogP contribution < -0.4 is 5.32 Å². The first-order valence-electron chi connectivity index (χ1n) is 9.15. The molecule has 0 atom stereocenters. The van der Waals surface area contributed by atoms with E-state index < -0.39 is 0 Å². The molecule has 0 spiro atoms. The Morgan fingerprint density at radius 2 is 1.83 bits per heavy atom. The normalized spacial score (nSPS) is 10.8. The molecule has 1 N–H and O–H groups in total. The predicted octanol–water partition coefficient (Wildman–Crippen LogP) is 4.43. The Labute approximate surface area is 171 Å². The van der Waals surface area contributed by atoms with Crippen LogP contribution in [-0.2, 0) is 13.1 Å². The molecule has 2 heterocycles. The quantitative estimate of drug-likeness (QED) is 0.515. The third kappa shape index (κ3) is 4.57. The van der Waals surface area contributed by atoms with Gasteiger partial charge >= 0.3 is 0 Å². The fourth-order valence-corrected chi connectivity index (χ4v) is 3.92. The molecular formula is C22H19FN4OS. The van der Waals surface area contributed by atoms with Gasteiger partial charge < -0.3 is 5.32 Å². The lowest BCUT2D eigenvalue weighted by Crippen LogP contribution is -2.22. The molecule has 0 aliphatic rings. The Kier molecular flexibility index (Phi) is 5.48. The average Bonchev–Trinajstić information content (AvgIpc) is 3.37. The van der Waals surface area contributed by atoms with Gasteiger partial charge in [-0.05, 0) is 48.4 Å².